The zero-order valence-electron chi connectivity index (χ0n) is 14.1. The molecule has 0 aromatic heterocycles. The van der Waals surface area contributed by atoms with E-state index in [9.17, 15) is 18.5 Å². The normalized spacial score (nSPS) is 11.5. The van der Waals surface area contributed by atoms with Gasteiger partial charge in [0.05, 0.1) is 4.90 Å². The molecule has 0 heterocycles. The number of hydrogen-bond donors (Lipinski definition) is 3. The summed E-state index contributed by atoms with van der Waals surface area (Å²) in [5.41, 5.74) is 2.68. The first-order chi connectivity index (χ1) is 12.2. The molecule has 0 aliphatic heterocycles. The van der Waals surface area contributed by atoms with Gasteiger partial charge in [0.2, 0.25) is 0 Å². The third-order valence-corrected chi connectivity index (χ3v) is 4.37. The molecule has 0 bridgehead atoms. The fraction of sp³-hybridized carbons (Fsp3) is 0.111. The number of benzene rings is 2. The standard InChI is InChI=1S/C18H17N3O4S/c1-12-6-7-13(2)17(8-12)20-11-14(10-19)18(22)21-15-4-3-5-16(9-15)26(23,24)25/h3-9,11,20H,1-2H3,(H,21,22)(H,23,24,25)/b14-11-. The van der Waals surface area contributed by atoms with E-state index < -0.39 is 16.0 Å². The minimum absolute atomic E-state index is 0.137. The Morgan fingerprint density at radius 1 is 1.19 bits per heavy atom. The van der Waals surface area contributed by atoms with Crippen LogP contribution in [0.25, 0.3) is 0 Å². The first kappa shape index (κ1) is 19.2. The largest absolute Gasteiger partial charge is 0.360 e. The number of anilines is 2. The van der Waals surface area contributed by atoms with Crippen molar-refractivity contribution >= 4 is 27.4 Å². The summed E-state index contributed by atoms with van der Waals surface area (Å²) in [6, 6.07) is 12.6. The zero-order chi connectivity index (χ0) is 19.3. The van der Waals surface area contributed by atoms with Gasteiger partial charge in [-0.25, -0.2) is 0 Å². The fourth-order valence-electron chi connectivity index (χ4n) is 2.12. The summed E-state index contributed by atoms with van der Waals surface area (Å²) in [6.45, 7) is 3.82. The van der Waals surface area contributed by atoms with Crippen molar-refractivity contribution in [1.29, 1.82) is 5.26 Å². The smallest absolute Gasteiger partial charge is 0.294 e. The highest BCUT2D eigenvalue weighted by molar-refractivity contribution is 7.85. The fourth-order valence-corrected chi connectivity index (χ4v) is 2.65. The van der Waals surface area contributed by atoms with E-state index in [0.717, 1.165) is 22.9 Å². The van der Waals surface area contributed by atoms with Crippen LogP contribution in [0.15, 0.2) is 59.1 Å². The van der Waals surface area contributed by atoms with Gasteiger partial charge in [-0.1, -0.05) is 18.2 Å². The van der Waals surface area contributed by atoms with Gasteiger partial charge in [0.25, 0.3) is 16.0 Å². The molecule has 7 nitrogen and oxygen atoms in total. The Balaban J connectivity index is 2.19. The van der Waals surface area contributed by atoms with Crippen molar-refractivity contribution in [3.05, 3.63) is 65.4 Å². The van der Waals surface area contributed by atoms with Crippen molar-refractivity contribution in [3.8, 4) is 6.07 Å². The topological polar surface area (TPSA) is 119 Å². The molecular weight excluding hydrogens is 354 g/mol. The predicted molar refractivity (Wildman–Crippen MR) is 98.1 cm³/mol. The molecule has 0 unspecified atom stereocenters. The van der Waals surface area contributed by atoms with Gasteiger partial charge in [0.15, 0.2) is 0 Å². The number of nitriles is 1. The highest BCUT2D eigenvalue weighted by atomic mass is 32.2. The van der Waals surface area contributed by atoms with Crippen molar-refractivity contribution in [2.24, 2.45) is 0 Å². The Morgan fingerprint density at radius 3 is 2.58 bits per heavy atom. The van der Waals surface area contributed by atoms with Gasteiger partial charge in [-0.2, -0.15) is 13.7 Å². The number of hydrogen-bond acceptors (Lipinski definition) is 5. The SMILES string of the molecule is Cc1ccc(C)c(N/C=C(/C#N)C(=O)Nc2cccc(S(=O)(=O)O)c2)c1. The molecule has 0 atom stereocenters. The summed E-state index contributed by atoms with van der Waals surface area (Å²) in [7, 11) is -4.39. The van der Waals surface area contributed by atoms with Crippen LogP contribution in [0.3, 0.4) is 0 Å². The predicted octanol–water partition coefficient (Wildman–Crippen LogP) is 3.01. The third kappa shape index (κ3) is 4.92. The molecule has 0 aliphatic carbocycles. The maximum Gasteiger partial charge on any atom is 0.294 e. The molecule has 134 valence electrons. The Hall–Kier alpha value is -3.15. The lowest BCUT2D eigenvalue weighted by Crippen LogP contribution is -2.15. The highest BCUT2D eigenvalue weighted by Gasteiger charge is 2.13. The van der Waals surface area contributed by atoms with Crippen LogP contribution in [0.4, 0.5) is 11.4 Å². The molecule has 2 aromatic rings. The summed E-state index contributed by atoms with van der Waals surface area (Å²) in [6.07, 6.45) is 1.28. The van der Waals surface area contributed by atoms with E-state index in [1.54, 1.807) is 6.07 Å². The van der Waals surface area contributed by atoms with Crippen LogP contribution in [-0.2, 0) is 14.9 Å². The molecule has 0 saturated heterocycles. The third-order valence-electron chi connectivity index (χ3n) is 3.52. The molecule has 2 aromatic carbocycles. The van der Waals surface area contributed by atoms with E-state index >= 15 is 0 Å². The molecule has 8 heteroatoms. The van der Waals surface area contributed by atoms with Crippen LogP contribution >= 0.6 is 0 Å². The van der Waals surface area contributed by atoms with E-state index in [1.807, 2.05) is 32.0 Å². The van der Waals surface area contributed by atoms with Gasteiger partial charge in [-0.3, -0.25) is 9.35 Å². The van der Waals surface area contributed by atoms with E-state index in [-0.39, 0.29) is 16.2 Å². The van der Waals surface area contributed by atoms with Gasteiger partial charge >= 0.3 is 0 Å². The van der Waals surface area contributed by atoms with Crippen LogP contribution in [0.1, 0.15) is 11.1 Å². The van der Waals surface area contributed by atoms with Gasteiger partial charge in [-0.15, -0.1) is 0 Å². The summed E-state index contributed by atoms with van der Waals surface area (Å²) in [4.78, 5) is 11.9. The second kappa shape index (κ2) is 7.82. The number of carbonyl (C=O) groups is 1. The second-order valence-electron chi connectivity index (χ2n) is 5.59. The lowest BCUT2D eigenvalue weighted by molar-refractivity contribution is -0.112. The molecular formula is C18H17N3O4S. The quantitative estimate of drug-likeness (QED) is 0.422. The molecule has 0 spiro atoms. The number of rotatable bonds is 5. The molecule has 0 fully saturated rings. The lowest BCUT2D eigenvalue weighted by Gasteiger charge is -2.08. The first-order valence-corrected chi connectivity index (χ1v) is 8.97. The van der Waals surface area contributed by atoms with Crippen molar-refractivity contribution in [2.45, 2.75) is 18.7 Å². The monoisotopic (exact) mass is 371 g/mol. The van der Waals surface area contributed by atoms with E-state index in [2.05, 4.69) is 10.6 Å². The average Bonchev–Trinajstić information content (AvgIpc) is 2.58. The Labute approximate surface area is 151 Å². The van der Waals surface area contributed by atoms with E-state index in [1.165, 1.54) is 24.4 Å². The van der Waals surface area contributed by atoms with Crippen LogP contribution < -0.4 is 10.6 Å². The molecule has 0 radical (unpaired) electrons. The molecule has 0 aliphatic rings. The van der Waals surface area contributed by atoms with E-state index in [4.69, 9.17) is 4.55 Å². The number of nitrogens with one attached hydrogen (secondary N) is 2. The Kier molecular flexibility index (Phi) is 5.77. The summed E-state index contributed by atoms with van der Waals surface area (Å²) in [5, 5.41) is 14.6. The number of carbonyl (C=O) groups excluding carboxylic acids is 1. The molecule has 1 amide bonds. The number of amides is 1. The van der Waals surface area contributed by atoms with Gasteiger partial charge in [0, 0.05) is 17.6 Å². The van der Waals surface area contributed by atoms with Crippen LogP contribution in [-0.4, -0.2) is 18.9 Å². The Morgan fingerprint density at radius 2 is 1.92 bits per heavy atom. The average molecular weight is 371 g/mol. The van der Waals surface area contributed by atoms with E-state index in [0.29, 0.717) is 0 Å². The van der Waals surface area contributed by atoms with Crippen molar-refractivity contribution in [3.63, 3.8) is 0 Å². The summed E-state index contributed by atoms with van der Waals surface area (Å²) < 4.78 is 31.3. The molecule has 3 N–H and O–H groups in total. The van der Waals surface area contributed by atoms with Crippen molar-refractivity contribution in [2.75, 3.05) is 10.6 Å². The van der Waals surface area contributed by atoms with Crippen LogP contribution in [0, 0.1) is 25.2 Å². The summed E-state index contributed by atoms with van der Waals surface area (Å²) in [5.74, 6) is -0.710. The zero-order valence-corrected chi connectivity index (χ0v) is 15.0. The maximum atomic E-state index is 12.2. The first-order valence-electron chi connectivity index (χ1n) is 7.53. The van der Waals surface area contributed by atoms with Gasteiger partial charge in [-0.05, 0) is 49.2 Å². The van der Waals surface area contributed by atoms with Crippen LogP contribution in [0.5, 0.6) is 0 Å². The number of aryl methyl sites for hydroxylation is 2. The summed E-state index contributed by atoms with van der Waals surface area (Å²) >= 11 is 0. The van der Waals surface area contributed by atoms with Crippen molar-refractivity contribution in [1.82, 2.24) is 0 Å². The highest BCUT2D eigenvalue weighted by Crippen LogP contribution is 2.18. The number of nitrogens with zero attached hydrogens (tertiary/aromatic N) is 1. The minimum Gasteiger partial charge on any atom is -0.360 e. The second-order valence-corrected chi connectivity index (χ2v) is 7.01. The van der Waals surface area contributed by atoms with Crippen molar-refractivity contribution < 1.29 is 17.8 Å². The lowest BCUT2D eigenvalue weighted by atomic mass is 10.1. The molecule has 26 heavy (non-hydrogen) atoms. The molecule has 0 saturated carbocycles. The van der Waals surface area contributed by atoms with Crippen LogP contribution in [0.2, 0.25) is 0 Å². The van der Waals surface area contributed by atoms with Gasteiger partial charge in [0.1, 0.15) is 11.6 Å². The Bertz CT molecular complexity index is 1020. The minimum atomic E-state index is -4.39. The van der Waals surface area contributed by atoms with Gasteiger partial charge < -0.3 is 10.6 Å². The maximum absolute atomic E-state index is 12.2. The molecule has 2 rings (SSSR count).